The normalized spacial score (nSPS) is 12.0. The maximum atomic E-state index is 2.49. The topological polar surface area (TPSA) is 9.86 Å². The van der Waals surface area contributed by atoms with E-state index in [1.807, 2.05) is 11.3 Å². The van der Waals surface area contributed by atoms with Crippen molar-refractivity contribution in [1.29, 1.82) is 0 Å². The summed E-state index contributed by atoms with van der Waals surface area (Å²) in [5, 5.41) is 7.70. The van der Waals surface area contributed by atoms with Crippen LogP contribution in [-0.2, 0) is 0 Å². The third kappa shape index (κ3) is 3.50. The summed E-state index contributed by atoms with van der Waals surface area (Å²) in [4.78, 5) is 0. The smallest absolute Gasteiger partial charge is 0.0619 e. The molecule has 0 radical (unpaired) electrons. The first-order chi connectivity index (χ1) is 22.3. The number of para-hydroxylation sites is 4. The molecule has 0 amide bonds. The highest BCUT2D eigenvalue weighted by molar-refractivity contribution is 7.25. The van der Waals surface area contributed by atoms with Crippen LogP contribution in [0.2, 0.25) is 0 Å². The Morgan fingerprint density at radius 3 is 1.84 bits per heavy atom. The van der Waals surface area contributed by atoms with Gasteiger partial charge in [0.15, 0.2) is 0 Å². The van der Waals surface area contributed by atoms with Crippen molar-refractivity contribution < 1.29 is 0 Å². The first-order valence-electron chi connectivity index (χ1n) is 15.4. The third-order valence-electron chi connectivity index (χ3n) is 9.32. The van der Waals surface area contributed by atoms with Gasteiger partial charge < -0.3 is 9.13 Å². The predicted octanol–water partition coefficient (Wildman–Crippen LogP) is 11.9. The third-order valence-corrected chi connectivity index (χ3v) is 10.5. The van der Waals surface area contributed by atoms with Crippen molar-refractivity contribution in [2.75, 3.05) is 0 Å². The Kier molecular flexibility index (Phi) is 5.19. The van der Waals surface area contributed by atoms with E-state index < -0.39 is 0 Å². The molecule has 0 aliphatic rings. The van der Waals surface area contributed by atoms with Gasteiger partial charge in [0.2, 0.25) is 0 Å². The monoisotopic (exact) mass is 590 g/mol. The first kappa shape index (κ1) is 24.8. The van der Waals surface area contributed by atoms with Gasteiger partial charge in [-0.15, -0.1) is 11.3 Å². The average Bonchev–Trinajstić information content (AvgIpc) is 3.76. The highest BCUT2D eigenvalue weighted by atomic mass is 32.1. The van der Waals surface area contributed by atoms with Crippen LogP contribution in [0.5, 0.6) is 0 Å². The summed E-state index contributed by atoms with van der Waals surface area (Å²) < 4.78 is 7.54. The van der Waals surface area contributed by atoms with E-state index in [0.717, 1.165) is 0 Å². The molecule has 2 nitrogen and oxygen atoms in total. The molecule has 0 atom stereocenters. The van der Waals surface area contributed by atoms with E-state index in [9.17, 15) is 0 Å². The number of nitrogens with zero attached hydrogens (tertiary/aromatic N) is 2. The van der Waals surface area contributed by atoms with Crippen molar-refractivity contribution in [3.05, 3.63) is 158 Å². The average molecular weight is 591 g/mol. The van der Waals surface area contributed by atoms with Gasteiger partial charge in [-0.2, -0.15) is 0 Å². The molecule has 0 saturated carbocycles. The number of hydrogen-bond donors (Lipinski definition) is 0. The second-order valence-electron chi connectivity index (χ2n) is 11.7. The molecular formula is C42H26N2S. The van der Waals surface area contributed by atoms with Crippen molar-refractivity contribution in [2.45, 2.75) is 0 Å². The van der Waals surface area contributed by atoms with E-state index in [0.29, 0.717) is 0 Å². The van der Waals surface area contributed by atoms with Crippen molar-refractivity contribution in [2.24, 2.45) is 0 Å². The Morgan fingerprint density at radius 1 is 0.356 bits per heavy atom. The molecule has 0 aliphatic carbocycles. The molecule has 0 saturated heterocycles. The fourth-order valence-corrected chi connectivity index (χ4v) is 8.54. The molecule has 3 heterocycles. The van der Waals surface area contributed by atoms with Gasteiger partial charge in [-0.1, -0.05) is 103 Å². The molecule has 0 unspecified atom stereocenters. The van der Waals surface area contributed by atoms with Gasteiger partial charge in [-0.05, 0) is 60.2 Å². The second-order valence-corrected chi connectivity index (χ2v) is 12.8. The van der Waals surface area contributed by atoms with Gasteiger partial charge in [0.05, 0.1) is 22.1 Å². The van der Waals surface area contributed by atoms with Crippen LogP contribution in [0, 0.1) is 0 Å². The highest BCUT2D eigenvalue weighted by Crippen LogP contribution is 2.44. The zero-order valence-corrected chi connectivity index (χ0v) is 25.1. The fraction of sp³-hybridized carbons (Fsp3) is 0. The van der Waals surface area contributed by atoms with E-state index in [-0.39, 0.29) is 0 Å². The lowest BCUT2D eigenvalue weighted by Crippen LogP contribution is -1.96. The van der Waals surface area contributed by atoms with Crippen LogP contribution in [0.4, 0.5) is 0 Å². The zero-order chi connectivity index (χ0) is 29.5. The summed E-state index contributed by atoms with van der Waals surface area (Å²) in [6, 6.07) is 57.7. The van der Waals surface area contributed by atoms with Crippen molar-refractivity contribution in [1.82, 2.24) is 9.13 Å². The molecule has 10 rings (SSSR count). The number of fused-ring (bicyclic) bond motifs is 9. The van der Waals surface area contributed by atoms with Crippen molar-refractivity contribution in [3.63, 3.8) is 0 Å². The predicted molar refractivity (Wildman–Crippen MR) is 193 cm³/mol. The minimum absolute atomic E-state index is 1.17. The fourth-order valence-electron chi connectivity index (χ4n) is 7.46. The summed E-state index contributed by atoms with van der Waals surface area (Å²) in [5.74, 6) is 0. The maximum absolute atomic E-state index is 2.49. The Balaban J connectivity index is 1.34. The van der Waals surface area contributed by atoms with Crippen LogP contribution < -0.4 is 0 Å². The minimum Gasteiger partial charge on any atom is -0.309 e. The molecule has 0 aliphatic heterocycles. The molecule has 0 bridgehead atoms. The Morgan fingerprint density at radius 2 is 0.978 bits per heavy atom. The molecule has 10 aromatic rings. The quantitative estimate of drug-likeness (QED) is 0.194. The van der Waals surface area contributed by atoms with Crippen LogP contribution >= 0.6 is 11.3 Å². The standard InChI is InChI=1S/C42H26N2S/c1-2-12-27(13-3-1)43-37-21-8-5-16-34(37)41-31(17-11-22-38(41)43)33-19-10-18-32-29-14-4-7-20-36(29)44(42(32)33)28-24-25-40-35(26-28)30-15-6-9-23-39(30)45-40/h1-26H. The summed E-state index contributed by atoms with van der Waals surface area (Å²) in [6.45, 7) is 0. The lowest BCUT2D eigenvalue weighted by Gasteiger charge is -2.13. The van der Waals surface area contributed by atoms with Gasteiger partial charge in [0, 0.05) is 58.7 Å². The number of hydrogen-bond acceptors (Lipinski definition) is 1. The van der Waals surface area contributed by atoms with Crippen LogP contribution in [0.3, 0.4) is 0 Å². The molecule has 3 heteroatoms. The summed E-state index contributed by atoms with van der Waals surface area (Å²) in [5.41, 5.74) is 9.72. The summed E-state index contributed by atoms with van der Waals surface area (Å²) in [7, 11) is 0. The van der Waals surface area contributed by atoms with E-state index in [1.165, 1.54) is 86.3 Å². The van der Waals surface area contributed by atoms with Crippen LogP contribution in [0.15, 0.2) is 158 Å². The molecule has 0 spiro atoms. The van der Waals surface area contributed by atoms with Crippen LogP contribution in [-0.4, -0.2) is 9.13 Å². The number of thiophene rings is 1. The van der Waals surface area contributed by atoms with Gasteiger partial charge in [0.25, 0.3) is 0 Å². The van der Waals surface area contributed by atoms with Crippen molar-refractivity contribution in [3.8, 4) is 22.5 Å². The lowest BCUT2D eigenvalue weighted by molar-refractivity contribution is 1.18. The molecule has 0 N–H and O–H groups in total. The SMILES string of the molecule is c1ccc(-n2c3ccccc3c3c(-c4cccc5c6ccccc6n(-c6ccc7sc8ccccc8c7c6)c45)cccc32)cc1. The molecule has 7 aromatic carbocycles. The van der Waals surface area contributed by atoms with E-state index >= 15 is 0 Å². The Hall–Kier alpha value is -5.64. The zero-order valence-electron chi connectivity index (χ0n) is 24.3. The number of rotatable bonds is 3. The van der Waals surface area contributed by atoms with Gasteiger partial charge >= 0.3 is 0 Å². The largest absolute Gasteiger partial charge is 0.309 e. The van der Waals surface area contributed by atoms with E-state index in [1.54, 1.807) is 0 Å². The number of aromatic nitrogens is 2. The molecule has 0 fully saturated rings. The van der Waals surface area contributed by atoms with Gasteiger partial charge in [-0.3, -0.25) is 0 Å². The first-order valence-corrected chi connectivity index (χ1v) is 16.2. The minimum atomic E-state index is 1.17. The lowest BCUT2D eigenvalue weighted by atomic mass is 9.97. The molecule has 45 heavy (non-hydrogen) atoms. The van der Waals surface area contributed by atoms with Gasteiger partial charge in [-0.25, -0.2) is 0 Å². The Labute approximate surface area is 263 Å². The second kappa shape index (κ2) is 9.43. The molecule has 3 aromatic heterocycles. The van der Waals surface area contributed by atoms with Crippen LogP contribution in [0.25, 0.3) is 86.3 Å². The van der Waals surface area contributed by atoms with Gasteiger partial charge in [0.1, 0.15) is 0 Å². The molecule has 210 valence electrons. The summed E-state index contributed by atoms with van der Waals surface area (Å²) >= 11 is 1.87. The number of benzene rings is 7. The Bertz CT molecular complexity index is 2760. The van der Waals surface area contributed by atoms with Crippen LogP contribution in [0.1, 0.15) is 0 Å². The summed E-state index contributed by atoms with van der Waals surface area (Å²) in [6.07, 6.45) is 0. The maximum Gasteiger partial charge on any atom is 0.0619 e. The van der Waals surface area contributed by atoms with Crippen molar-refractivity contribution >= 4 is 75.1 Å². The van der Waals surface area contributed by atoms with E-state index in [2.05, 4.69) is 167 Å². The molecular weight excluding hydrogens is 565 g/mol. The van der Waals surface area contributed by atoms with E-state index in [4.69, 9.17) is 0 Å². The highest BCUT2D eigenvalue weighted by Gasteiger charge is 2.21.